The molecule has 0 radical (unpaired) electrons. The summed E-state index contributed by atoms with van der Waals surface area (Å²) in [5, 5.41) is 18.8. The number of nitrogens with two attached hydrogens (primary N) is 1. The molecule has 21 rings (SSSR count). The van der Waals surface area contributed by atoms with E-state index in [0.29, 0.717) is 143 Å². The largest absolute Gasteiger partial charge is 0.381 e. The number of aromatic nitrogens is 16. The van der Waals surface area contributed by atoms with Gasteiger partial charge in [-0.25, -0.2) is 19.9 Å². The van der Waals surface area contributed by atoms with E-state index in [-0.39, 0.29) is 46.4 Å². The first-order valence-electron chi connectivity index (χ1n) is 51.3. The van der Waals surface area contributed by atoms with E-state index in [1.807, 2.05) is 210 Å². The Balaban J connectivity index is 0.000000128. The van der Waals surface area contributed by atoms with E-state index in [9.17, 15) is 19.2 Å². The average molecular weight is 2060 g/mol. The van der Waals surface area contributed by atoms with Gasteiger partial charge in [0.15, 0.2) is 0 Å². The van der Waals surface area contributed by atoms with Crippen molar-refractivity contribution in [3.05, 3.63) is 279 Å². The number of halogens is 4. The molecule has 0 bridgehead atoms. The summed E-state index contributed by atoms with van der Waals surface area (Å²) in [4.78, 5) is 115. The highest BCUT2D eigenvalue weighted by atomic mass is 35.5. The molecular weight excluding hydrogens is 1930 g/mol. The van der Waals surface area contributed by atoms with Crippen molar-refractivity contribution in [1.29, 1.82) is 0 Å². The van der Waals surface area contributed by atoms with Crippen molar-refractivity contribution in [2.45, 2.75) is 195 Å². The summed E-state index contributed by atoms with van der Waals surface area (Å²) in [6.45, 7) is 26.1. The second kappa shape index (κ2) is 47.8. The van der Waals surface area contributed by atoms with Gasteiger partial charge in [0.25, 0.3) is 22.2 Å². The van der Waals surface area contributed by atoms with E-state index in [1.54, 1.807) is 44.7 Å². The van der Waals surface area contributed by atoms with E-state index in [1.165, 1.54) is 12.8 Å². The van der Waals surface area contributed by atoms with E-state index in [4.69, 9.17) is 81.5 Å². The molecule has 1 atom stereocenters. The number of benzene rings is 4. The number of fused-ring (bicyclic) bond motifs is 4. The summed E-state index contributed by atoms with van der Waals surface area (Å²) in [6, 6.07) is 51.2. The Morgan fingerprint density at radius 1 is 0.408 bits per heavy atom. The molecule has 5 aliphatic rings. The summed E-state index contributed by atoms with van der Waals surface area (Å²) in [5.41, 5.74) is 24.2. The van der Waals surface area contributed by atoms with Crippen LogP contribution in [0.25, 0.3) is 134 Å². The minimum absolute atomic E-state index is 0.0570. The van der Waals surface area contributed by atoms with Gasteiger partial charge in [-0.2, -0.15) is 19.9 Å². The maximum absolute atomic E-state index is 14.0. The number of nitrogens with zero attached hydrogens (tertiary/aromatic N) is 18. The van der Waals surface area contributed by atoms with Crippen LogP contribution >= 0.6 is 46.4 Å². The summed E-state index contributed by atoms with van der Waals surface area (Å²) < 4.78 is 18.0. The van der Waals surface area contributed by atoms with Crippen molar-refractivity contribution in [1.82, 2.24) is 87.9 Å². The van der Waals surface area contributed by atoms with Crippen LogP contribution < -0.4 is 49.2 Å². The normalized spacial score (nSPS) is 16.3. The van der Waals surface area contributed by atoms with Gasteiger partial charge < -0.3 is 46.3 Å². The number of pyridine rings is 8. The minimum Gasteiger partial charge on any atom is -0.381 e. The molecule has 0 amide bonds. The zero-order valence-electron chi connectivity index (χ0n) is 84.6. The number of piperidine rings is 1. The first-order chi connectivity index (χ1) is 71.4. The lowest BCUT2D eigenvalue weighted by atomic mass is 9.92. The van der Waals surface area contributed by atoms with Crippen LogP contribution in [0.1, 0.15) is 146 Å². The zero-order chi connectivity index (χ0) is 102. The molecule has 4 aromatic carbocycles. The number of hydrogen-bond acceptors (Lipinski definition) is 25. The molecule has 16 aromatic rings. The average Bonchev–Trinajstić information content (AvgIpc) is 1.66. The fraction of sp³-hybridized carbons (Fsp3) is 0.368. The lowest BCUT2D eigenvalue weighted by Gasteiger charge is -2.28. The van der Waals surface area contributed by atoms with Crippen molar-refractivity contribution in [3.63, 3.8) is 0 Å². The van der Waals surface area contributed by atoms with E-state index >= 15 is 0 Å². The van der Waals surface area contributed by atoms with Crippen LogP contribution in [-0.4, -0.2) is 185 Å². The molecular formula is C114H125Cl4N23O6. The second-order valence-corrected chi connectivity index (χ2v) is 40.3. The maximum Gasteiger partial charge on any atom is 0.260 e. The fourth-order valence-electron chi connectivity index (χ4n) is 20.3. The molecule has 0 spiro atoms. The number of rotatable bonds is 26. The van der Waals surface area contributed by atoms with E-state index in [2.05, 4.69) is 91.8 Å². The van der Waals surface area contributed by atoms with Crippen LogP contribution in [0.5, 0.6) is 0 Å². The van der Waals surface area contributed by atoms with Gasteiger partial charge in [0, 0.05) is 234 Å². The molecule has 33 heteroatoms. The number of likely N-dealkylation sites (N-methyl/N-ethyl adjacent to an activating group) is 1. The number of aryl methyl sites for hydroxylation is 6. The van der Waals surface area contributed by atoms with Gasteiger partial charge in [-0.05, 0) is 254 Å². The lowest BCUT2D eigenvalue weighted by molar-refractivity contribution is 0.0903. The molecule has 2 aliphatic carbocycles. The summed E-state index contributed by atoms with van der Waals surface area (Å²) in [5.74, 6) is 2.90. The number of nitrogens with one attached hydrogen (secondary N) is 4. The number of ether oxygens (including phenoxy) is 2. The fourth-order valence-corrected chi connectivity index (χ4v) is 21.4. The van der Waals surface area contributed by atoms with Crippen LogP contribution in [0, 0.1) is 33.6 Å². The highest BCUT2D eigenvalue weighted by molar-refractivity contribution is 6.35. The number of anilines is 4. The molecule has 6 N–H and O–H groups in total. The number of likely N-dealkylation sites (tertiary alicyclic amines) is 1. The summed E-state index contributed by atoms with van der Waals surface area (Å²) in [6.07, 6.45) is 25.1. The van der Waals surface area contributed by atoms with Crippen molar-refractivity contribution in [2.75, 3.05) is 94.0 Å². The molecule has 29 nitrogen and oxygen atoms in total. The quantitative estimate of drug-likeness (QED) is 0.0336. The smallest absolute Gasteiger partial charge is 0.260 e. The second-order valence-electron chi connectivity index (χ2n) is 38.7. The Morgan fingerprint density at radius 3 is 1.27 bits per heavy atom. The Kier molecular flexibility index (Phi) is 33.7. The number of hydrogen-bond donors (Lipinski definition) is 5. The standard InChI is InChI=1S/C29H33ClN6O2.C29H33ClN6O.C29H30ClN5O2.C27H29ClN6O/c1-4-35(5-2)12-13-36-27-21(17-31-29(34-27)33-22-11-14-38-18-22)15-24(28(36)37)23-10-9-20(16-25(23)30)26-8-6-7-19(3)32-26;1-4-36-27-22(18-33-29(34-27)32-13-9-20-10-14-35(3)15-11-20)16-24(28(36)37)23-8-7-21(17-25(23)30)26-19(2)6-5-12-31-26;1-18-5-4-8-26(32-18)19-9-10-23(25(30)16-19)24-15-20-17-31-29(33-21-11-13-37-14-12-21)34-27(20)35(28(24)36)22-6-2-3-7-22;1-3-34-25-18(15-31-27(33-25)32-20-9-7-19(29)8-10-20)13-22(26(34)35)21-11-6-17(14-23(21)28)24-16(2)5-4-12-30-24/h6-10,15-17,22H,4-5,11-14,18H2,1-3H3,(H,31,33,34);5-8,12,16-18,20H,4,9-11,13-15H2,1-3H3,(H,32,33,34);4-5,8-10,15-17,21-22H,2-3,6-7,11-14H2,1H3,(H,31,33,34);4-6,11-15,19-20H,3,7-10,29H2,1-2H3,(H,31,32,33)/t22-;;;/m1.../s1. The summed E-state index contributed by atoms with van der Waals surface area (Å²) >= 11 is 27.0. The minimum atomic E-state index is -0.128. The molecule has 5 fully saturated rings. The summed E-state index contributed by atoms with van der Waals surface area (Å²) in [7, 11) is 2.18. The van der Waals surface area contributed by atoms with Crippen molar-refractivity contribution >= 4 is 114 Å². The molecule has 147 heavy (non-hydrogen) atoms. The molecule has 2 saturated carbocycles. The van der Waals surface area contributed by atoms with Gasteiger partial charge in [-0.1, -0.05) is 146 Å². The Labute approximate surface area is 875 Å². The molecule has 15 heterocycles. The van der Waals surface area contributed by atoms with Gasteiger partial charge >= 0.3 is 0 Å². The van der Waals surface area contributed by atoms with Gasteiger partial charge in [0.05, 0.1) is 35.4 Å². The molecule has 3 aliphatic heterocycles. The van der Waals surface area contributed by atoms with Gasteiger partial charge in [-0.3, -0.25) is 57.4 Å². The van der Waals surface area contributed by atoms with Crippen molar-refractivity contribution in [2.24, 2.45) is 11.7 Å². The highest BCUT2D eigenvalue weighted by Gasteiger charge is 2.30. The predicted octanol–water partition coefficient (Wildman–Crippen LogP) is 22.0. The van der Waals surface area contributed by atoms with E-state index in [0.717, 1.165) is 231 Å². The lowest BCUT2D eigenvalue weighted by Crippen LogP contribution is -2.33. The molecule has 0 unspecified atom stereocenters. The van der Waals surface area contributed by atoms with Crippen molar-refractivity contribution < 1.29 is 9.47 Å². The maximum atomic E-state index is 14.0. The van der Waals surface area contributed by atoms with Crippen LogP contribution in [0.2, 0.25) is 20.1 Å². The SMILES string of the molecule is CCN(CC)CCn1c(=O)c(-c2ccc(-c3cccc(C)n3)cc2Cl)cc2cnc(N[C@@H]3CCOC3)nc21.CCn1c(=O)c(-c2ccc(-c3ncccc3C)cc2Cl)cc2cnc(NC3CCC(N)CC3)nc21.CCn1c(=O)c(-c2ccc(-c3ncccc3C)cc2Cl)cc2cnc(NCCC3CCN(C)CC3)nc21.Cc1cccc(-c2ccc(-c3cc4cnc(NC5CCOCC5)nc4n(C4CCCC4)c3=O)c(Cl)c2)n1. The highest BCUT2D eigenvalue weighted by Crippen LogP contribution is 2.40. The zero-order valence-corrected chi connectivity index (χ0v) is 87.6. The van der Waals surface area contributed by atoms with Gasteiger partial charge in [0.1, 0.15) is 22.6 Å². The first-order valence-corrected chi connectivity index (χ1v) is 52.8. The Bertz CT molecular complexity index is 7720. The molecule has 12 aromatic heterocycles. The third kappa shape index (κ3) is 24.3. The molecule has 760 valence electrons. The van der Waals surface area contributed by atoms with Crippen LogP contribution in [0.15, 0.2) is 214 Å². The van der Waals surface area contributed by atoms with Gasteiger partial charge in [-0.15, -0.1) is 0 Å². The third-order valence-corrected chi connectivity index (χ3v) is 29.9. The topological polar surface area (TPSA) is 342 Å². The van der Waals surface area contributed by atoms with Gasteiger partial charge in [0.2, 0.25) is 23.8 Å². The molecule has 3 saturated heterocycles. The van der Waals surface area contributed by atoms with Crippen LogP contribution in [0.3, 0.4) is 0 Å². The monoisotopic (exact) mass is 2050 g/mol. The Hall–Kier alpha value is -13.2. The predicted molar refractivity (Wildman–Crippen MR) is 593 cm³/mol. The van der Waals surface area contributed by atoms with Crippen molar-refractivity contribution in [3.8, 4) is 89.5 Å². The third-order valence-electron chi connectivity index (χ3n) is 28.7. The Morgan fingerprint density at radius 2 is 0.816 bits per heavy atom. The van der Waals surface area contributed by atoms with Crippen LogP contribution in [-0.2, 0) is 29.1 Å². The van der Waals surface area contributed by atoms with Crippen LogP contribution in [0.4, 0.5) is 23.8 Å². The van der Waals surface area contributed by atoms with E-state index < -0.39 is 0 Å². The first kappa shape index (κ1) is 104.